The Balaban J connectivity index is 2.21. The molecule has 2 rings (SSSR count). The summed E-state index contributed by atoms with van der Waals surface area (Å²) in [6, 6.07) is 5.68. The van der Waals surface area contributed by atoms with Gasteiger partial charge >= 0.3 is 0 Å². The molecule has 0 aliphatic heterocycles. The van der Waals surface area contributed by atoms with Gasteiger partial charge in [-0.05, 0) is 31.2 Å². The number of aromatic nitrogens is 2. The SMILES string of the molecule is CCNc1cncc(C(=O)N(C)c2ccc(F)cc2)n1. The lowest BCUT2D eigenvalue weighted by Gasteiger charge is -2.17. The van der Waals surface area contributed by atoms with Crippen molar-refractivity contribution in [2.75, 3.05) is 23.8 Å². The minimum absolute atomic E-state index is 0.232. The lowest BCUT2D eigenvalue weighted by molar-refractivity contribution is 0.0988. The van der Waals surface area contributed by atoms with Gasteiger partial charge in [0.05, 0.1) is 12.4 Å². The largest absolute Gasteiger partial charge is 0.369 e. The van der Waals surface area contributed by atoms with Crippen molar-refractivity contribution in [3.63, 3.8) is 0 Å². The lowest BCUT2D eigenvalue weighted by atomic mass is 10.2. The van der Waals surface area contributed by atoms with Crippen LogP contribution in [0.15, 0.2) is 36.7 Å². The normalized spacial score (nSPS) is 10.2. The molecule has 1 heterocycles. The fourth-order valence-electron chi connectivity index (χ4n) is 1.69. The Morgan fingerprint density at radius 1 is 1.30 bits per heavy atom. The van der Waals surface area contributed by atoms with Crippen LogP contribution in [0.1, 0.15) is 17.4 Å². The molecule has 6 heteroatoms. The molecule has 0 unspecified atom stereocenters. The van der Waals surface area contributed by atoms with Crippen LogP contribution >= 0.6 is 0 Å². The summed E-state index contributed by atoms with van der Waals surface area (Å²) in [6.07, 6.45) is 2.96. The van der Waals surface area contributed by atoms with Crippen LogP contribution in [0.5, 0.6) is 0 Å². The average Bonchev–Trinajstić information content (AvgIpc) is 2.47. The first-order valence-electron chi connectivity index (χ1n) is 6.21. The summed E-state index contributed by atoms with van der Waals surface area (Å²) in [4.78, 5) is 21.9. The molecule has 0 saturated carbocycles. The Morgan fingerprint density at radius 3 is 2.65 bits per heavy atom. The standard InChI is InChI=1S/C14H15FN4O/c1-3-17-13-9-16-8-12(18-13)14(20)19(2)11-6-4-10(15)5-7-11/h4-9H,3H2,1-2H3,(H,17,18). The van der Waals surface area contributed by atoms with Crippen molar-refractivity contribution < 1.29 is 9.18 Å². The highest BCUT2D eigenvalue weighted by Crippen LogP contribution is 2.15. The van der Waals surface area contributed by atoms with Gasteiger partial charge in [-0.15, -0.1) is 0 Å². The number of hydrogen-bond acceptors (Lipinski definition) is 4. The van der Waals surface area contributed by atoms with Crippen LogP contribution < -0.4 is 10.2 Å². The predicted molar refractivity (Wildman–Crippen MR) is 75.3 cm³/mol. The van der Waals surface area contributed by atoms with Crippen LogP contribution in [0.4, 0.5) is 15.9 Å². The third-order valence-electron chi connectivity index (χ3n) is 2.73. The number of benzene rings is 1. The Hall–Kier alpha value is -2.50. The molecule has 0 saturated heterocycles. The highest BCUT2D eigenvalue weighted by atomic mass is 19.1. The maximum Gasteiger partial charge on any atom is 0.278 e. The minimum atomic E-state index is -0.344. The van der Waals surface area contributed by atoms with Gasteiger partial charge in [-0.1, -0.05) is 0 Å². The quantitative estimate of drug-likeness (QED) is 0.929. The summed E-state index contributed by atoms with van der Waals surface area (Å²) in [5, 5.41) is 3.00. The molecule has 20 heavy (non-hydrogen) atoms. The van der Waals surface area contributed by atoms with Crippen LogP contribution in [-0.4, -0.2) is 29.5 Å². The Bertz CT molecular complexity index is 600. The van der Waals surface area contributed by atoms with Gasteiger partial charge < -0.3 is 10.2 Å². The van der Waals surface area contributed by atoms with E-state index in [0.717, 1.165) is 0 Å². The van der Waals surface area contributed by atoms with Crippen molar-refractivity contribution in [2.45, 2.75) is 6.92 Å². The topological polar surface area (TPSA) is 58.1 Å². The van der Waals surface area contributed by atoms with E-state index in [9.17, 15) is 9.18 Å². The molecule has 104 valence electrons. The summed E-state index contributed by atoms with van der Waals surface area (Å²) in [7, 11) is 1.61. The first kappa shape index (κ1) is 13.9. The number of carbonyl (C=O) groups is 1. The molecule has 1 aromatic carbocycles. The van der Waals surface area contributed by atoms with Gasteiger partial charge in [0.2, 0.25) is 0 Å². The summed E-state index contributed by atoms with van der Waals surface area (Å²) >= 11 is 0. The second-order valence-corrected chi connectivity index (χ2v) is 4.16. The Kier molecular flexibility index (Phi) is 4.24. The number of nitrogens with one attached hydrogen (secondary N) is 1. The number of carbonyl (C=O) groups excluding carboxylic acids is 1. The van der Waals surface area contributed by atoms with Crippen LogP contribution in [0, 0.1) is 5.82 Å². The van der Waals surface area contributed by atoms with Crippen LogP contribution in [0.3, 0.4) is 0 Å². The molecular formula is C14H15FN4O. The fraction of sp³-hybridized carbons (Fsp3) is 0.214. The number of halogens is 1. The molecule has 1 amide bonds. The van der Waals surface area contributed by atoms with Crippen molar-refractivity contribution in [1.29, 1.82) is 0 Å². The Morgan fingerprint density at radius 2 is 2.00 bits per heavy atom. The monoisotopic (exact) mass is 274 g/mol. The molecule has 0 spiro atoms. The molecule has 0 aliphatic rings. The molecule has 0 atom stereocenters. The molecule has 1 aromatic heterocycles. The van der Waals surface area contributed by atoms with Gasteiger partial charge in [0.15, 0.2) is 0 Å². The van der Waals surface area contributed by atoms with Gasteiger partial charge in [0, 0.05) is 19.3 Å². The maximum atomic E-state index is 12.9. The van der Waals surface area contributed by atoms with Crippen LogP contribution in [0.25, 0.3) is 0 Å². The van der Waals surface area contributed by atoms with Crippen LogP contribution in [-0.2, 0) is 0 Å². The minimum Gasteiger partial charge on any atom is -0.369 e. The van der Waals surface area contributed by atoms with Crippen molar-refractivity contribution in [3.8, 4) is 0 Å². The highest BCUT2D eigenvalue weighted by molar-refractivity contribution is 6.04. The summed E-state index contributed by atoms with van der Waals surface area (Å²) in [6.45, 7) is 2.63. The third-order valence-corrected chi connectivity index (χ3v) is 2.73. The summed E-state index contributed by atoms with van der Waals surface area (Å²) in [5.74, 6) is -0.0988. The molecule has 1 N–H and O–H groups in total. The maximum absolute atomic E-state index is 12.9. The van der Waals surface area contributed by atoms with Crippen molar-refractivity contribution >= 4 is 17.4 Å². The summed E-state index contributed by atoms with van der Waals surface area (Å²) in [5.41, 5.74) is 0.822. The molecular weight excluding hydrogens is 259 g/mol. The second kappa shape index (κ2) is 6.10. The van der Waals surface area contributed by atoms with Gasteiger partial charge in [0.25, 0.3) is 5.91 Å². The van der Waals surface area contributed by atoms with Crippen molar-refractivity contribution in [1.82, 2.24) is 9.97 Å². The van der Waals surface area contributed by atoms with E-state index in [1.54, 1.807) is 13.2 Å². The fourth-order valence-corrected chi connectivity index (χ4v) is 1.69. The average molecular weight is 274 g/mol. The van der Waals surface area contributed by atoms with Gasteiger partial charge in [-0.2, -0.15) is 0 Å². The summed E-state index contributed by atoms with van der Waals surface area (Å²) < 4.78 is 12.9. The van der Waals surface area contributed by atoms with Crippen molar-refractivity contribution in [3.05, 3.63) is 48.2 Å². The number of anilines is 2. The molecule has 2 aromatic rings. The van der Waals surface area contributed by atoms with E-state index in [1.165, 1.54) is 35.4 Å². The number of nitrogens with zero attached hydrogens (tertiary/aromatic N) is 3. The van der Waals surface area contributed by atoms with E-state index in [0.29, 0.717) is 18.1 Å². The molecule has 0 bridgehead atoms. The van der Waals surface area contributed by atoms with E-state index >= 15 is 0 Å². The number of hydrogen-bond donors (Lipinski definition) is 1. The highest BCUT2D eigenvalue weighted by Gasteiger charge is 2.15. The zero-order valence-corrected chi connectivity index (χ0v) is 11.3. The van der Waals surface area contributed by atoms with E-state index in [1.807, 2.05) is 6.92 Å². The van der Waals surface area contributed by atoms with E-state index in [4.69, 9.17) is 0 Å². The molecule has 0 fully saturated rings. The van der Waals surface area contributed by atoms with Crippen molar-refractivity contribution in [2.24, 2.45) is 0 Å². The zero-order valence-electron chi connectivity index (χ0n) is 11.3. The molecule has 0 radical (unpaired) electrons. The van der Waals surface area contributed by atoms with Gasteiger partial charge in [0.1, 0.15) is 17.3 Å². The van der Waals surface area contributed by atoms with Crippen LogP contribution in [0.2, 0.25) is 0 Å². The predicted octanol–water partition coefficient (Wildman–Crippen LogP) is 2.32. The first-order valence-corrected chi connectivity index (χ1v) is 6.21. The zero-order chi connectivity index (χ0) is 14.5. The number of amides is 1. The van der Waals surface area contributed by atoms with E-state index in [2.05, 4.69) is 15.3 Å². The lowest BCUT2D eigenvalue weighted by Crippen LogP contribution is -2.27. The van der Waals surface area contributed by atoms with E-state index in [-0.39, 0.29) is 17.4 Å². The first-order chi connectivity index (χ1) is 9.61. The smallest absolute Gasteiger partial charge is 0.278 e. The Labute approximate surface area is 116 Å². The second-order valence-electron chi connectivity index (χ2n) is 4.16. The third kappa shape index (κ3) is 3.09. The molecule has 0 aliphatic carbocycles. The number of rotatable bonds is 4. The molecule has 5 nitrogen and oxygen atoms in total. The van der Waals surface area contributed by atoms with Gasteiger partial charge in [-0.25, -0.2) is 9.37 Å². The van der Waals surface area contributed by atoms with E-state index < -0.39 is 0 Å². The van der Waals surface area contributed by atoms with Gasteiger partial charge in [-0.3, -0.25) is 9.78 Å².